The van der Waals surface area contributed by atoms with Gasteiger partial charge in [-0.3, -0.25) is 10.1 Å². The molecule has 0 radical (unpaired) electrons. The van der Waals surface area contributed by atoms with Crippen molar-refractivity contribution in [3.05, 3.63) is 0 Å². The first-order valence-corrected chi connectivity index (χ1v) is 6.15. The minimum absolute atomic E-state index is 0.0968. The smallest absolute Gasteiger partial charge is 0.321 e. The number of alkyl halides is 1. The molecule has 1 aliphatic rings. The zero-order chi connectivity index (χ0) is 12.2. The molecule has 0 aromatic rings. The van der Waals surface area contributed by atoms with Gasteiger partial charge in [0.15, 0.2) is 0 Å². The van der Waals surface area contributed by atoms with Gasteiger partial charge in [-0.1, -0.05) is 26.7 Å². The van der Waals surface area contributed by atoms with Crippen LogP contribution in [0.3, 0.4) is 0 Å². The largest absolute Gasteiger partial charge is 0.335 e. The van der Waals surface area contributed by atoms with Crippen LogP contribution >= 0.6 is 11.6 Å². The van der Waals surface area contributed by atoms with E-state index in [1.165, 1.54) is 6.42 Å². The fraction of sp³-hybridized carbons (Fsp3) is 0.818. The first kappa shape index (κ1) is 13.3. The molecule has 0 aromatic carbocycles. The number of hydrogen-bond donors (Lipinski definition) is 2. The molecule has 0 aromatic heterocycles. The van der Waals surface area contributed by atoms with Crippen molar-refractivity contribution in [3.63, 3.8) is 0 Å². The second-order valence-corrected chi connectivity index (χ2v) is 5.21. The van der Waals surface area contributed by atoms with Crippen LogP contribution < -0.4 is 10.6 Å². The summed E-state index contributed by atoms with van der Waals surface area (Å²) in [4.78, 5) is 22.4. The lowest BCUT2D eigenvalue weighted by Gasteiger charge is -2.38. The molecule has 92 valence electrons. The van der Waals surface area contributed by atoms with Crippen molar-refractivity contribution in [2.24, 2.45) is 5.41 Å². The molecular formula is C11H19ClN2O2. The summed E-state index contributed by atoms with van der Waals surface area (Å²) in [6.07, 6.45) is 4.39. The zero-order valence-electron chi connectivity index (χ0n) is 9.81. The third-order valence-corrected chi connectivity index (χ3v) is 3.43. The van der Waals surface area contributed by atoms with Gasteiger partial charge in [0.25, 0.3) is 0 Å². The normalized spacial score (nSPS) is 23.6. The van der Waals surface area contributed by atoms with Gasteiger partial charge in [0.1, 0.15) is 5.88 Å². The van der Waals surface area contributed by atoms with E-state index < -0.39 is 11.9 Å². The molecule has 5 heteroatoms. The lowest BCUT2D eigenvalue weighted by molar-refractivity contribution is -0.117. The van der Waals surface area contributed by atoms with Crippen molar-refractivity contribution in [3.8, 4) is 0 Å². The third kappa shape index (κ3) is 3.67. The SMILES string of the molecule is CC1(C)CCCCC1NC(=O)NC(=O)CCl. The average molecular weight is 247 g/mol. The molecule has 0 heterocycles. The molecule has 1 rings (SSSR count). The van der Waals surface area contributed by atoms with Crippen molar-refractivity contribution in [1.29, 1.82) is 0 Å². The highest BCUT2D eigenvalue weighted by molar-refractivity contribution is 6.28. The molecule has 1 saturated carbocycles. The maximum Gasteiger partial charge on any atom is 0.321 e. The Kier molecular flexibility index (Phi) is 4.59. The number of carbonyl (C=O) groups is 2. The van der Waals surface area contributed by atoms with E-state index in [-0.39, 0.29) is 17.3 Å². The molecule has 0 aliphatic heterocycles. The van der Waals surface area contributed by atoms with Crippen molar-refractivity contribution >= 4 is 23.5 Å². The highest BCUT2D eigenvalue weighted by atomic mass is 35.5. The summed E-state index contributed by atoms with van der Waals surface area (Å²) in [5.41, 5.74) is 0.0968. The van der Waals surface area contributed by atoms with Gasteiger partial charge in [0, 0.05) is 6.04 Å². The van der Waals surface area contributed by atoms with Gasteiger partial charge in [0.2, 0.25) is 5.91 Å². The number of urea groups is 1. The van der Waals surface area contributed by atoms with E-state index in [4.69, 9.17) is 11.6 Å². The predicted octanol–water partition coefficient (Wildman–Crippen LogP) is 2.02. The number of rotatable bonds is 2. The zero-order valence-corrected chi connectivity index (χ0v) is 10.6. The fourth-order valence-electron chi connectivity index (χ4n) is 2.12. The first-order valence-electron chi connectivity index (χ1n) is 5.62. The van der Waals surface area contributed by atoms with Crippen LogP contribution in [-0.4, -0.2) is 23.9 Å². The van der Waals surface area contributed by atoms with Gasteiger partial charge >= 0.3 is 6.03 Å². The molecule has 1 unspecified atom stereocenters. The lowest BCUT2D eigenvalue weighted by Crippen LogP contribution is -2.51. The summed E-state index contributed by atoms with van der Waals surface area (Å²) in [7, 11) is 0. The lowest BCUT2D eigenvalue weighted by atomic mass is 9.73. The van der Waals surface area contributed by atoms with Crippen LogP contribution in [0.1, 0.15) is 39.5 Å². The summed E-state index contributed by atoms with van der Waals surface area (Å²) in [5.74, 6) is -0.658. The van der Waals surface area contributed by atoms with Gasteiger partial charge in [-0.05, 0) is 18.3 Å². The van der Waals surface area contributed by atoms with Crippen LogP contribution in [0.5, 0.6) is 0 Å². The molecule has 0 spiro atoms. The molecule has 4 nitrogen and oxygen atoms in total. The molecule has 1 fully saturated rings. The minimum atomic E-state index is -0.465. The number of imide groups is 1. The van der Waals surface area contributed by atoms with E-state index in [0.29, 0.717) is 0 Å². The number of halogens is 1. The van der Waals surface area contributed by atoms with Crippen LogP contribution in [0.4, 0.5) is 4.79 Å². The Hall–Kier alpha value is -0.770. The average Bonchev–Trinajstić information content (AvgIpc) is 2.21. The standard InChI is InChI=1S/C11H19ClN2O2/c1-11(2)6-4-3-5-8(11)13-10(16)14-9(15)7-12/h8H,3-7H2,1-2H3,(H2,13,14,15,16). The molecule has 3 amide bonds. The summed E-state index contributed by atoms with van der Waals surface area (Å²) in [6, 6.07) is -0.310. The van der Waals surface area contributed by atoms with Gasteiger partial charge < -0.3 is 5.32 Å². The molecule has 1 atom stereocenters. The van der Waals surface area contributed by atoms with Gasteiger partial charge in [-0.25, -0.2) is 4.79 Å². The van der Waals surface area contributed by atoms with Gasteiger partial charge in [0.05, 0.1) is 0 Å². The number of hydrogen-bond acceptors (Lipinski definition) is 2. The molecule has 1 aliphatic carbocycles. The van der Waals surface area contributed by atoms with Crippen LogP contribution in [0.15, 0.2) is 0 Å². The maximum atomic E-state index is 11.5. The molecule has 0 saturated heterocycles. The topological polar surface area (TPSA) is 58.2 Å². The Labute approximate surface area is 101 Å². The monoisotopic (exact) mass is 246 g/mol. The van der Waals surface area contributed by atoms with Crippen molar-refractivity contribution in [2.45, 2.75) is 45.6 Å². The Bertz CT molecular complexity index is 279. The van der Waals surface area contributed by atoms with Crippen molar-refractivity contribution in [1.82, 2.24) is 10.6 Å². The minimum Gasteiger partial charge on any atom is -0.335 e. The second-order valence-electron chi connectivity index (χ2n) is 4.94. The summed E-state index contributed by atoms with van der Waals surface area (Å²) >= 11 is 5.30. The summed E-state index contributed by atoms with van der Waals surface area (Å²) in [5, 5.41) is 5.04. The van der Waals surface area contributed by atoms with Crippen LogP contribution in [0, 0.1) is 5.41 Å². The van der Waals surface area contributed by atoms with E-state index >= 15 is 0 Å². The maximum absolute atomic E-state index is 11.5. The van der Waals surface area contributed by atoms with Crippen LogP contribution in [-0.2, 0) is 4.79 Å². The van der Waals surface area contributed by atoms with E-state index in [1.54, 1.807) is 0 Å². The first-order chi connectivity index (χ1) is 7.45. The quantitative estimate of drug-likeness (QED) is 0.733. The fourth-order valence-corrected chi connectivity index (χ4v) is 2.18. The Morgan fingerprint density at radius 1 is 1.38 bits per heavy atom. The van der Waals surface area contributed by atoms with Crippen LogP contribution in [0.2, 0.25) is 0 Å². The summed E-state index contributed by atoms with van der Waals surface area (Å²) < 4.78 is 0. The van der Waals surface area contributed by atoms with E-state index in [9.17, 15) is 9.59 Å². The molecule has 0 bridgehead atoms. The second kappa shape index (κ2) is 5.53. The Morgan fingerprint density at radius 3 is 2.62 bits per heavy atom. The predicted molar refractivity (Wildman–Crippen MR) is 63.4 cm³/mol. The molecule has 2 N–H and O–H groups in total. The Balaban J connectivity index is 2.46. The summed E-state index contributed by atoms with van der Waals surface area (Å²) in [6.45, 7) is 4.28. The number of amides is 3. The van der Waals surface area contributed by atoms with E-state index in [0.717, 1.165) is 19.3 Å². The number of nitrogens with one attached hydrogen (secondary N) is 2. The van der Waals surface area contributed by atoms with Crippen molar-refractivity contribution < 1.29 is 9.59 Å². The molecule has 16 heavy (non-hydrogen) atoms. The number of carbonyl (C=O) groups excluding carboxylic acids is 2. The van der Waals surface area contributed by atoms with Crippen molar-refractivity contribution in [2.75, 3.05) is 5.88 Å². The van der Waals surface area contributed by atoms with Crippen LogP contribution in [0.25, 0.3) is 0 Å². The Morgan fingerprint density at radius 2 is 2.06 bits per heavy atom. The van der Waals surface area contributed by atoms with E-state index in [2.05, 4.69) is 24.5 Å². The molecular weight excluding hydrogens is 228 g/mol. The van der Waals surface area contributed by atoms with E-state index in [1.807, 2.05) is 0 Å². The highest BCUT2D eigenvalue weighted by Crippen LogP contribution is 2.35. The highest BCUT2D eigenvalue weighted by Gasteiger charge is 2.33. The van der Waals surface area contributed by atoms with Gasteiger partial charge in [-0.15, -0.1) is 11.6 Å². The third-order valence-electron chi connectivity index (χ3n) is 3.19. The van der Waals surface area contributed by atoms with Gasteiger partial charge in [-0.2, -0.15) is 0 Å².